The summed E-state index contributed by atoms with van der Waals surface area (Å²) in [6.07, 6.45) is -0.553. The van der Waals surface area contributed by atoms with Crippen molar-refractivity contribution in [3.8, 4) is 0 Å². The molecule has 0 bridgehead atoms. The molecule has 0 saturated carbocycles. The predicted octanol–water partition coefficient (Wildman–Crippen LogP) is -4.17. The molecule has 1 atom stereocenters. The van der Waals surface area contributed by atoms with Crippen LogP contribution in [-0.4, -0.2) is 43.6 Å². The Hall–Kier alpha value is -1.65. The van der Waals surface area contributed by atoms with Crippen LogP contribution < -0.4 is 21.7 Å². The highest BCUT2D eigenvalue weighted by atomic mass is 16.6. The average Bonchev–Trinajstić information content (AvgIpc) is 2.15. The summed E-state index contributed by atoms with van der Waals surface area (Å²) in [5.74, 6) is -2.08. The highest BCUT2D eigenvalue weighted by molar-refractivity contribution is 5.99. The number of amides is 3. The topological polar surface area (TPSA) is 143 Å². The molecule has 0 aromatic carbocycles. The first-order valence-corrected chi connectivity index (χ1v) is 4.67. The zero-order chi connectivity index (χ0) is 13.5. The van der Waals surface area contributed by atoms with Crippen molar-refractivity contribution in [1.29, 1.82) is 0 Å². The molecule has 6 N–H and O–H groups in total. The Kier molecular flexibility index (Phi) is 6.17. The van der Waals surface area contributed by atoms with Crippen LogP contribution in [0.1, 0.15) is 13.3 Å². The molecule has 0 aliphatic heterocycles. The van der Waals surface area contributed by atoms with Gasteiger partial charge in [0.25, 0.3) is 8.05 Å². The van der Waals surface area contributed by atoms with Gasteiger partial charge in [-0.2, -0.15) is 0 Å². The number of nitrogens with two attached hydrogens (primary N) is 1. The maximum absolute atomic E-state index is 11.3. The minimum Gasteiger partial charge on any atom is -0.385 e. The summed E-state index contributed by atoms with van der Waals surface area (Å²) in [6, 6.07) is -2.34. The SMILES string of the molecule is BOC(O)(NC(C)=O)NC(=O)CC(=O)NCN. The molecule has 0 saturated heterocycles. The third-order valence-electron chi connectivity index (χ3n) is 1.57. The van der Waals surface area contributed by atoms with Crippen LogP contribution in [0.5, 0.6) is 0 Å². The molecule has 0 rings (SSSR count). The van der Waals surface area contributed by atoms with Crippen LogP contribution in [-0.2, 0) is 19.0 Å². The summed E-state index contributed by atoms with van der Waals surface area (Å²) < 4.78 is 4.50. The lowest BCUT2D eigenvalue weighted by atomic mass is 10.3. The first-order valence-electron chi connectivity index (χ1n) is 4.67. The number of hydrogen-bond acceptors (Lipinski definition) is 6. The Bertz CT molecular complexity index is 313. The Morgan fingerprint density at radius 2 is 1.94 bits per heavy atom. The predicted molar refractivity (Wildman–Crippen MR) is 58.4 cm³/mol. The van der Waals surface area contributed by atoms with Crippen LogP contribution in [0.4, 0.5) is 0 Å². The lowest BCUT2D eigenvalue weighted by Gasteiger charge is -2.27. The van der Waals surface area contributed by atoms with Gasteiger partial charge in [0.05, 0.1) is 6.67 Å². The molecule has 1 unspecified atom stereocenters. The largest absolute Gasteiger partial charge is 0.385 e. The molecule has 96 valence electrons. The molecule has 9 nitrogen and oxygen atoms in total. The molecule has 0 spiro atoms. The van der Waals surface area contributed by atoms with Crippen LogP contribution in [0, 0.1) is 0 Å². The summed E-state index contributed by atoms with van der Waals surface area (Å²) in [5.41, 5.74) is 5.03. The number of hydrogen-bond donors (Lipinski definition) is 5. The van der Waals surface area contributed by atoms with E-state index in [0.29, 0.717) is 0 Å². The summed E-state index contributed by atoms with van der Waals surface area (Å²) in [4.78, 5) is 33.0. The van der Waals surface area contributed by atoms with Crippen molar-refractivity contribution in [1.82, 2.24) is 16.0 Å². The van der Waals surface area contributed by atoms with Crippen molar-refractivity contribution in [2.75, 3.05) is 6.67 Å². The molecule has 3 amide bonds. The van der Waals surface area contributed by atoms with Gasteiger partial charge in [0.1, 0.15) is 6.42 Å². The van der Waals surface area contributed by atoms with Crippen molar-refractivity contribution in [3.63, 3.8) is 0 Å². The molecule has 10 heteroatoms. The molecule has 0 aliphatic carbocycles. The van der Waals surface area contributed by atoms with Crippen molar-refractivity contribution < 1.29 is 24.1 Å². The van der Waals surface area contributed by atoms with Gasteiger partial charge in [0.2, 0.25) is 17.7 Å². The minimum absolute atomic E-state index is 0.105. The van der Waals surface area contributed by atoms with Crippen LogP contribution in [0.2, 0.25) is 0 Å². The third-order valence-corrected chi connectivity index (χ3v) is 1.57. The standard InChI is InChI=1S/C7H15BN4O5/c1-4(13)11-7(16,17-8)12-6(15)2-5(14)10-3-9/h16H,2-3,8-9H2,1H3,(H,10,14)(H,11,13)(H,12,15). The summed E-state index contributed by atoms with van der Waals surface area (Å²) in [5, 5.41) is 15.6. The quantitative estimate of drug-likeness (QED) is 0.183. The lowest BCUT2D eigenvalue weighted by Crippen LogP contribution is -2.62. The van der Waals surface area contributed by atoms with E-state index in [1.54, 1.807) is 0 Å². The molecular weight excluding hydrogens is 231 g/mol. The second kappa shape index (κ2) is 6.83. The number of rotatable bonds is 6. The van der Waals surface area contributed by atoms with Gasteiger partial charge in [0, 0.05) is 6.92 Å². The van der Waals surface area contributed by atoms with Crippen LogP contribution in [0.25, 0.3) is 0 Å². The van der Waals surface area contributed by atoms with E-state index >= 15 is 0 Å². The number of nitrogens with one attached hydrogen (secondary N) is 3. The summed E-state index contributed by atoms with van der Waals surface area (Å²) in [7, 11) is 1.07. The van der Waals surface area contributed by atoms with Gasteiger partial charge in [0.15, 0.2) is 0 Å². The van der Waals surface area contributed by atoms with E-state index in [9.17, 15) is 19.5 Å². The van der Waals surface area contributed by atoms with Crippen LogP contribution in [0.3, 0.4) is 0 Å². The highest BCUT2D eigenvalue weighted by Crippen LogP contribution is 1.96. The maximum Gasteiger partial charge on any atom is 0.325 e. The van der Waals surface area contributed by atoms with E-state index in [1.165, 1.54) is 0 Å². The van der Waals surface area contributed by atoms with Gasteiger partial charge in [-0.1, -0.05) is 0 Å². The normalized spacial score (nSPS) is 13.4. The summed E-state index contributed by atoms with van der Waals surface area (Å²) >= 11 is 0. The smallest absolute Gasteiger partial charge is 0.325 e. The Balaban J connectivity index is 4.32. The number of aliphatic hydroxyl groups is 1. The van der Waals surface area contributed by atoms with Crippen LogP contribution in [0.15, 0.2) is 0 Å². The zero-order valence-corrected chi connectivity index (χ0v) is 9.57. The van der Waals surface area contributed by atoms with E-state index in [0.717, 1.165) is 15.0 Å². The molecule has 0 radical (unpaired) electrons. The van der Waals surface area contributed by atoms with Crippen LogP contribution >= 0.6 is 0 Å². The van der Waals surface area contributed by atoms with E-state index in [2.05, 4.69) is 9.97 Å². The third kappa shape index (κ3) is 6.50. The monoisotopic (exact) mass is 246 g/mol. The molecule has 17 heavy (non-hydrogen) atoms. The fourth-order valence-corrected chi connectivity index (χ4v) is 0.927. The molecular formula is C7H15BN4O5. The Morgan fingerprint density at radius 3 is 2.35 bits per heavy atom. The van der Waals surface area contributed by atoms with Gasteiger partial charge in [-0.15, -0.1) is 0 Å². The second-order valence-electron chi connectivity index (χ2n) is 3.06. The van der Waals surface area contributed by atoms with Gasteiger partial charge in [-0.05, 0) is 0 Å². The first kappa shape index (κ1) is 15.4. The van der Waals surface area contributed by atoms with Gasteiger partial charge in [-0.25, -0.2) is 0 Å². The average molecular weight is 246 g/mol. The van der Waals surface area contributed by atoms with E-state index in [4.69, 9.17) is 5.73 Å². The molecule has 0 aliphatic rings. The Labute approximate surface area is 98.5 Å². The highest BCUT2D eigenvalue weighted by Gasteiger charge is 2.29. The first-order chi connectivity index (χ1) is 7.83. The number of carbonyl (C=O) groups is 3. The molecule has 0 aromatic rings. The van der Waals surface area contributed by atoms with E-state index in [-0.39, 0.29) is 6.67 Å². The fourth-order valence-electron chi connectivity index (χ4n) is 0.927. The maximum atomic E-state index is 11.3. The van der Waals surface area contributed by atoms with Crippen molar-refractivity contribution in [2.45, 2.75) is 19.4 Å². The molecule has 0 heterocycles. The van der Waals surface area contributed by atoms with E-state index in [1.807, 2.05) is 10.6 Å². The van der Waals surface area contributed by atoms with Crippen molar-refractivity contribution in [3.05, 3.63) is 0 Å². The number of carbonyl (C=O) groups excluding carboxylic acids is 3. The fraction of sp³-hybridized carbons (Fsp3) is 0.571. The van der Waals surface area contributed by atoms with Gasteiger partial charge in [-0.3, -0.25) is 25.0 Å². The second-order valence-corrected chi connectivity index (χ2v) is 3.06. The zero-order valence-electron chi connectivity index (χ0n) is 9.57. The van der Waals surface area contributed by atoms with E-state index < -0.39 is 30.2 Å². The van der Waals surface area contributed by atoms with Gasteiger partial charge < -0.3 is 20.8 Å². The minimum atomic E-state index is -2.34. The molecule has 0 aromatic heterocycles. The Morgan fingerprint density at radius 1 is 1.35 bits per heavy atom. The van der Waals surface area contributed by atoms with Crippen molar-refractivity contribution in [2.24, 2.45) is 5.73 Å². The van der Waals surface area contributed by atoms with Gasteiger partial charge >= 0.3 is 6.03 Å². The molecule has 0 fully saturated rings. The lowest BCUT2D eigenvalue weighted by molar-refractivity contribution is -0.192. The summed E-state index contributed by atoms with van der Waals surface area (Å²) in [6.45, 7) is 1.02. The van der Waals surface area contributed by atoms with Crippen molar-refractivity contribution >= 4 is 25.8 Å².